The SMILES string of the molecule is CCCC(O)C(NS(=O)(=O)c1cc(Cl)c(Br)cc1F)C(=O)O. The molecule has 3 N–H and O–H groups in total. The summed E-state index contributed by atoms with van der Waals surface area (Å²) in [6.45, 7) is 1.70. The van der Waals surface area contributed by atoms with Gasteiger partial charge in [-0.1, -0.05) is 24.9 Å². The van der Waals surface area contributed by atoms with E-state index in [1.54, 1.807) is 11.6 Å². The zero-order chi connectivity index (χ0) is 17.1. The van der Waals surface area contributed by atoms with Gasteiger partial charge in [0.05, 0.1) is 11.1 Å². The summed E-state index contributed by atoms with van der Waals surface area (Å²) in [7, 11) is -4.51. The van der Waals surface area contributed by atoms with Crippen molar-refractivity contribution < 1.29 is 27.8 Å². The average Bonchev–Trinajstić information content (AvgIpc) is 2.40. The Morgan fingerprint density at radius 3 is 2.59 bits per heavy atom. The van der Waals surface area contributed by atoms with E-state index in [0.717, 1.165) is 12.1 Å². The van der Waals surface area contributed by atoms with Crippen molar-refractivity contribution in [3.63, 3.8) is 0 Å². The van der Waals surface area contributed by atoms with E-state index < -0.39 is 38.9 Å². The second-order valence-corrected chi connectivity index (χ2v) is 7.43. The molecular formula is C12H14BrClFNO5S. The van der Waals surface area contributed by atoms with E-state index in [1.807, 2.05) is 0 Å². The number of nitrogens with one attached hydrogen (secondary N) is 1. The van der Waals surface area contributed by atoms with E-state index in [4.69, 9.17) is 16.7 Å². The third-order valence-electron chi connectivity index (χ3n) is 2.78. The van der Waals surface area contributed by atoms with Crippen LogP contribution in [0, 0.1) is 5.82 Å². The molecule has 0 radical (unpaired) electrons. The van der Waals surface area contributed by atoms with E-state index >= 15 is 0 Å². The molecule has 0 aliphatic heterocycles. The summed E-state index contributed by atoms with van der Waals surface area (Å²) in [5.41, 5.74) is 0. The van der Waals surface area contributed by atoms with Crippen LogP contribution in [0.15, 0.2) is 21.5 Å². The van der Waals surface area contributed by atoms with Crippen LogP contribution in [0.25, 0.3) is 0 Å². The maximum Gasteiger partial charge on any atom is 0.324 e. The Bertz CT molecular complexity index is 670. The minimum absolute atomic E-state index is 0.0530. The third kappa shape index (κ3) is 4.63. The standard InChI is InChI=1S/C12H14BrClFNO5S/c1-2-3-9(17)11(12(18)19)16-22(20,21)10-5-7(14)6(13)4-8(10)15/h4-5,9,11,16-17H,2-3H2,1H3,(H,18,19). The summed E-state index contributed by atoms with van der Waals surface area (Å²) in [4.78, 5) is 10.3. The van der Waals surface area contributed by atoms with Gasteiger partial charge in [0.2, 0.25) is 10.0 Å². The first-order valence-electron chi connectivity index (χ1n) is 6.18. The number of hydrogen-bond donors (Lipinski definition) is 3. The average molecular weight is 419 g/mol. The molecule has 0 saturated heterocycles. The van der Waals surface area contributed by atoms with Gasteiger partial charge in [-0.25, -0.2) is 12.8 Å². The Balaban J connectivity index is 3.18. The summed E-state index contributed by atoms with van der Waals surface area (Å²) in [5.74, 6) is -2.66. The van der Waals surface area contributed by atoms with Crippen molar-refractivity contribution in [3.8, 4) is 0 Å². The molecule has 124 valence electrons. The number of carboxylic acids is 1. The van der Waals surface area contributed by atoms with Crippen LogP contribution in [0.2, 0.25) is 5.02 Å². The Hall–Kier alpha value is -0.740. The monoisotopic (exact) mass is 417 g/mol. The number of aliphatic hydroxyl groups is 1. The molecule has 0 amide bonds. The van der Waals surface area contributed by atoms with Crippen LogP contribution in [0.5, 0.6) is 0 Å². The van der Waals surface area contributed by atoms with Crippen LogP contribution in [0.4, 0.5) is 4.39 Å². The zero-order valence-corrected chi connectivity index (χ0v) is 14.5. The summed E-state index contributed by atoms with van der Waals surface area (Å²) in [5, 5.41) is 18.7. The number of halogens is 3. The lowest BCUT2D eigenvalue weighted by atomic mass is 10.1. The van der Waals surface area contributed by atoms with Crippen molar-refractivity contribution in [2.24, 2.45) is 0 Å². The molecule has 1 aromatic carbocycles. The quantitative estimate of drug-likeness (QED) is 0.589. The highest BCUT2D eigenvalue weighted by Gasteiger charge is 2.32. The van der Waals surface area contributed by atoms with Crippen LogP contribution in [0.3, 0.4) is 0 Å². The fraction of sp³-hybridized carbons (Fsp3) is 0.417. The van der Waals surface area contributed by atoms with Gasteiger partial charge in [0.1, 0.15) is 16.8 Å². The number of rotatable bonds is 7. The predicted octanol–water partition coefficient (Wildman–Crippen LogP) is 2.13. The molecule has 0 heterocycles. The molecule has 22 heavy (non-hydrogen) atoms. The van der Waals surface area contributed by atoms with E-state index in [2.05, 4.69) is 15.9 Å². The second kappa shape index (κ2) is 7.69. The van der Waals surface area contributed by atoms with Crippen LogP contribution in [-0.4, -0.2) is 36.7 Å². The van der Waals surface area contributed by atoms with Crippen LogP contribution >= 0.6 is 27.5 Å². The molecule has 0 bridgehead atoms. The molecule has 0 aliphatic carbocycles. The lowest BCUT2D eigenvalue weighted by molar-refractivity contribution is -0.141. The summed E-state index contributed by atoms with van der Waals surface area (Å²) >= 11 is 8.68. The van der Waals surface area contributed by atoms with Crippen molar-refractivity contribution in [1.82, 2.24) is 4.72 Å². The Kier molecular flexibility index (Phi) is 6.75. The van der Waals surface area contributed by atoms with E-state index in [-0.39, 0.29) is 15.9 Å². The third-order valence-corrected chi connectivity index (χ3v) is 5.43. The minimum atomic E-state index is -4.51. The zero-order valence-electron chi connectivity index (χ0n) is 11.4. The van der Waals surface area contributed by atoms with Gasteiger partial charge < -0.3 is 10.2 Å². The summed E-state index contributed by atoms with van der Waals surface area (Å²) in [6, 6.07) is -0.0735. The van der Waals surface area contributed by atoms with Gasteiger partial charge in [0, 0.05) is 4.47 Å². The number of sulfonamides is 1. The molecule has 0 aromatic heterocycles. The molecule has 2 unspecified atom stereocenters. The number of benzene rings is 1. The maximum absolute atomic E-state index is 13.8. The van der Waals surface area contributed by atoms with Gasteiger partial charge in [-0.2, -0.15) is 4.72 Å². The number of carbonyl (C=O) groups is 1. The molecule has 1 aromatic rings. The Morgan fingerprint density at radius 2 is 2.09 bits per heavy atom. The smallest absolute Gasteiger partial charge is 0.324 e. The summed E-state index contributed by atoms with van der Waals surface area (Å²) in [6.07, 6.45) is -0.917. The van der Waals surface area contributed by atoms with Crippen LogP contribution < -0.4 is 4.72 Å². The topological polar surface area (TPSA) is 104 Å². The van der Waals surface area contributed by atoms with Crippen molar-refractivity contribution in [3.05, 3.63) is 27.4 Å². The highest BCUT2D eigenvalue weighted by molar-refractivity contribution is 9.10. The number of carboxylic acid groups (broad SMARTS) is 1. The van der Waals surface area contributed by atoms with Gasteiger partial charge in [0.25, 0.3) is 0 Å². The highest BCUT2D eigenvalue weighted by Crippen LogP contribution is 2.28. The van der Waals surface area contributed by atoms with Crippen molar-refractivity contribution in [2.75, 3.05) is 0 Å². The van der Waals surface area contributed by atoms with Crippen molar-refractivity contribution >= 4 is 43.5 Å². The normalized spacial score (nSPS) is 14.6. The van der Waals surface area contributed by atoms with Gasteiger partial charge in [-0.3, -0.25) is 4.79 Å². The Morgan fingerprint density at radius 1 is 1.50 bits per heavy atom. The predicted molar refractivity (Wildman–Crippen MR) is 81.8 cm³/mol. The second-order valence-electron chi connectivity index (χ2n) is 4.49. The Labute approximate surface area is 140 Å². The van der Waals surface area contributed by atoms with Crippen molar-refractivity contribution in [1.29, 1.82) is 0 Å². The molecule has 10 heteroatoms. The number of aliphatic hydroxyl groups excluding tert-OH is 1. The minimum Gasteiger partial charge on any atom is -0.480 e. The molecule has 0 fully saturated rings. The molecule has 2 atom stereocenters. The fourth-order valence-corrected chi connectivity index (χ4v) is 3.55. The van der Waals surface area contributed by atoms with Gasteiger partial charge in [-0.05, 0) is 34.5 Å². The molecular weight excluding hydrogens is 405 g/mol. The van der Waals surface area contributed by atoms with Gasteiger partial charge in [-0.15, -0.1) is 0 Å². The molecule has 0 spiro atoms. The first kappa shape index (κ1) is 19.3. The van der Waals surface area contributed by atoms with E-state index in [1.165, 1.54) is 0 Å². The van der Waals surface area contributed by atoms with Crippen LogP contribution in [0.1, 0.15) is 19.8 Å². The lowest BCUT2D eigenvalue weighted by Gasteiger charge is -2.20. The fourth-order valence-electron chi connectivity index (χ4n) is 1.70. The first-order valence-corrected chi connectivity index (χ1v) is 8.83. The molecule has 0 saturated carbocycles. The lowest BCUT2D eigenvalue weighted by Crippen LogP contribution is -2.48. The van der Waals surface area contributed by atoms with Gasteiger partial charge >= 0.3 is 5.97 Å². The number of aliphatic carboxylic acids is 1. The summed E-state index contributed by atoms with van der Waals surface area (Å²) < 4.78 is 40.0. The number of hydrogen-bond acceptors (Lipinski definition) is 4. The van der Waals surface area contributed by atoms with Gasteiger partial charge in [0.15, 0.2) is 0 Å². The molecule has 1 rings (SSSR count). The van der Waals surface area contributed by atoms with Crippen molar-refractivity contribution in [2.45, 2.75) is 36.8 Å². The van der Waals surface area contributed by atoms with Crippen LogP contribution in [-0.2, 0) is 14.8 Å². The largest absolute Gasteiger partial charge is 0.480 e. The molecule has 6 nitrogen and oxygen atoms in total. The maximum atomic E-state index is 13.8. The molecule has 0 aliphatic rings. The first-order chi connectivity index (χ1) is 10.1. The highest BCUT2D eigenvalue weighted by atomic mass is 79.9. The van der Waals surface area contributed by atoms with E-state index in [9.17, 15) is 22.7 Å². The van der Waals surface area contributed by atoms with E-state index in [0.29, 0.717) is 6.42 Å².